The van der Waals surface area contributed by atoms with Crippen LogP contribution in [0.25, 0.3) is 11.0 Å². The van der Waals surface area contributed by atoms with Gasteiger partial charge in [0, 0.05) is 29.0 Å². The fourth-order valence-electron chi connectivity index (χ4n) is 2.11. The van der Waals surface area contributed by atoms with Crippen LogP contribution in [0.15, 0.2) is 36.8 Å². The van der Waals surface area contributed by atoms with E-state index in [0.29, 0.717) is 5.56 Å². The third kappa shape index (κ3) is 3.02. The van der Waals surface area contributed by atoms with Crippen molar-refractivity contribution in [3.05, 3.63) is 58.6 Å². The molecule has 4 nitrogen and oxygen atoms in total. The molecule has 0 aliphatic carbocycles. The molecule has 0 aliphatic rings. The quantitative estimate of drug-likeness (QED) is 0.536. The minimum absolute atomic E-state index is 0.153. The summed E-state index contributed by atoms with van der Waals surface area (Å²) in [5.41, 5.74) is -0.797. The highest BCUT2D eigenvalue weighted by molar-refractivity contribution is 7.17. The highest BCUT2D eigenvalue weighted by Crippen LogP contribution is 2.34. The molecule has 8 heteroatoms. The third-order valence-corrected chi connectivity index (χ3v) is 4.00. The maximum absolute atomic E-state index is 13.1. The number of rotatable bonds is 3. The summed E-state index contributed by atoms with van der Waals surface area (Å²) in [4.78, 5) is 20.5. The number of nitrogens with zero attached hydrogens (tertiary/aromatic N) is 3. The van der Waals surface area contributed by atoms with Crippen LogP contribution in [0.2, 0.25) is 0 Å². The molecule has 3 aromatic heterocycles. The Hall–Kier alpha value is -2.48. The number of imidazole rings is 1. The van der Waals surface area contributed by atoms with E-state index >= 15 is 0 Å². The van der Waals surface area contributed by atoms with E-state index in [1.165, 1.54) is 28.9 Å². The number of allylic oxidation sites excluding steroid dienone is 1. The third-order valence-electron chi connectivity index (χ3n) is 3.10. The SMILES string of the molecule is Cc1cn2c(C=CC(=O)c3ccncc3)c(C(F)(F)F)nc2s1. The largest absolute Gasteiger partial charge is 0.435 e. The van der Waals surface area contributed by atoms with Gasteiger partial charge in [0.1, 0.15) is 0 Å². The Balaban J connectivity index is 2.04. The molecule has 3 rings (SSSR count). The van der Waals surface area contributed by atoms with Gasteiger partial charge in [0.25, 0.3) is 0 Å². The number of aryl methyl sites for hydroxylation is 1. The summed E-state index contributed by atoms with van der Waals surface area (Å²) in [6.07, 6.45) is 2.14. The van der Waals surface area contributed by atoms with Gasteiger partial charge in [-0.1, -0.05) is 0 Å². The molecule has 0 aromatic carbocycles. The van der Waals surface area contributed by atoms with Crippen molar-refractivity contribution < 1.29 is 18.0 Å². The predicted octanol–water partition coefficient (Wildman–Crippen LogP) is 4.01. The first-order valence-corrected chi connectivity index (χ1v) is 7.36. The van der Waals surface area contributed by atoms with E-state index in [-0.39, 0.29) is 10.7 Å². The first-order valence-electron chi connectivity index (χ1n) is 6.54. The molecule has 0 fully saturated rings. The van der Waals surface area contributed by atoms with Crippen LogP contribution in [-0.2, 0) is 6.18 Å². The second-order valence-electron chi connectivity index (χ2n) is 4.77. The molecule has 3 heterocycles. The Kier molecular flexibility index (Phi) is 3.77. The van der Waals surface area contributed by atoms with Crippen LogP contribution in [0.3, 0.4) is 0 Å². The zero-order valence-corrected chi connectivity index (χ0v) is 12.6. The van der Waals surface area contributed by atoms with Crippen LogP contribution in [0, 0.1) is 6.92 Å². The lowest BCUT2D eigenvalue weighted by molar-refractivity contribution is -0.140. The van der Waals surface area contributed by atoms with Gasteiger partial charge < -0.3 is 0 Å². The molecule has 23 heavy (non-hydrogen) atoms. The molecule has 0 spiro atoms. The summed E-state index contributed by atoms with van der Waals surface area (Å²) in [5.74, 6) is -0.401. The average Bonchev–Trinajstić information content (AvgIpc) is 3.01. The van der Waals surface area contributed by atoms with E-state index in [9.17, 15) is 18.0 Å². The number of ketones is 1. The van der Waals surface area contributed by atoms with Crippen molar-refractivity contribution in [1.29, 1.82) is 0 Å². The summed E-state index contributed by atoms with van der Waals surface area (Å²) in [5, 5.41) is 0. The fourth-order valence-corrected chi connectivity index (χ4v) is 2.94. The molecule has 0 amide bonds. The fraction of sp³-hybridized carbons (Fsp3) is 0.133. The van der Waals surface area contributed by atoms with E-state index in [4.69, 9.17) is 0 Å². The lowest BCUT2D eigenvalue weighted by atomic mass is 10.1. The zero-order valence-electron chi connectivity index (χ0n) is 11.8. The van der Waals surface area contributed by atoms with Crippen molar-refractivity contribution in [1.82, 2.24) is 14.4 Å². The molecule has 3 aromatic rings. The van der Waals surface area contributed by atoms with Gasteiger partial charge in [0.15, 0.2) is 16.4 Å². The van der Waals surface area contributed by atoms with Crippen LogP contribution >= 0.6 is 11.3 Å². The van der Waals surface area contributed by atoms with Gasteiger partial charge in [-0.25, -0.2) is 4.98 Å². The van der Waals surface area contributed by atoms with Crippen molar-refractivity contribution in [2.24, 2.45) is 0 Å². The maximum atomic E-state index is 13.1. The second kappa shape index (κ2) is 5.62. The number of halogens is 3. The number of carbonyl (C=O) groups excluding carboxylic acids is 1. The van der Waals surface area contributed by atoms with Crippen molar-refractivity contribution in [3.8, 4) is 0 Å². The molecule has 0 unspecified atom stereocenters. The lowest BCUT2D eigenvalue weighted by Gasteiger charge is -2.04. The Morgan fingerprint density at radius 2 is 2.00 bits per heavy atom. The number of fused-ring (bicyclic) bond motifs is 1. The monoisotopic (exact) mass is 337 g/mol. The summed E-state index contributed by atoms with van der Waals surface area (Å²) in [6.45, 7) is 1.78. The van der Waals surface area contributed by atoms with Crippen molar-refractivity contribution in [2.75, 3.05) is 0 Å². The second-order valence-corrected chi connectivity index (χ2v) is 5.98. The van der Waals surface area contributed by atoms with Crippen molar-refractivity contribution in [3.63, 3.8) is 0 Å². The summed E-state index contributed by atoms with van der Waals surface area (Å²) in [7, 11) is 0. The summed E-state index contributed by atoms with van der Waals surface area (Å²) in [6, 6.07) is 3.00. The van der Waals surface area contributed by atoms with Crippen LogP contribution < -0.4 is 0 Å². The summed E-state index contributed by atoms with van der Waals surface area (Å²) < 4.78 is 40.7. The first-order chi connectivity index (χ1) is 10.9. The normalized spacial score (nSPS) is 12.3. The van der Waals surface area contributed by atoms with Crippen molar-refractivity contribution in [2.45, 2.75) is 13.1 Å². The van der Waals surface area contributed by atoms with Gasteiger partial charge in [-0.2, -0.15) is 13.2 Å². The van der Waals surface area contributed by atoms with Crippen LogP contribution in [0.5, 0.6) is 0 Å². The maximum Gasteiger partial charge on any atom is 0.435 e. The Bertz CT molecular complexity index is 894. The number of carbonyl (C=O) groups is 1. The number of hydrogen-bond donors (Lipinski definition) is 0. The van der Waals surface area contributed by atoms with Crippen LogP contribution in [0.1, 0.15) is 26.6 Å². The van der Waals surface area contributed by atoms with E-state index in [1.807, 2.05) is 0 Å². The Morgan fingerprint density at radius 1 is 1.30 bits per heavy atom. The van der Waals surface area contributed by atoms with E-state index in [2.05, 4.69) is 9.97 Å². The van der Waals surface area contributed by atoms with Crippen LogP contribution in [-0.4, -0.2) is 20.2 Å². The van der Waals surface area contributed by atoms with Gasteiger partial charge >= 0.3 is 6.18 Å². The van der Waals surface area contributed by atoms with Gasteiger partial charge in [-0.15, -0.1) is 11.3 Å². The average molecular weight is 337 g/mol. The number of thiazole rings is 1. The van der Waals surface area contributed by atoms with Gasteiger partial charge in [-0.05, 0) is 31.2 Å². The molecule has 0 bridgehead atoms. The topological polar surface area (TPSA) is 47.3 Å². The minimum atomic E-state index is -4.58. The molecule has 0 saturated carbocycles. The van der Waals surface area contributed by atoms with E-state index < -0.39 is 17.7 Å². The van der Waals surface area contributed by atoms with Gasteiger partial charge in [0.05, 0.1) is 5.69 Å². The van der Waals surface area contributed by atoms with Gasteiger partial charge in [0.2, 0.25) is 0 Å². The molecule has 0 saturated heterocycles. The Morgan fingerprint density at radius 3 is 2.65 bits per heavy atom. The zero-order chi connectivity index (χ0) is 16.6. The minimum Gasteiger partial charge on any atom is -0.290 e. The summed E-state index contributed by atoms with van der Waals surface area (Å²) >= 11 is 1.16. The van der Waals surface area contributed by atoms with Crippen LogP contribution in [0.4, 0.5) is 13.2 Å². The number of aromatic nitrogens is 3. The highest BCUT2D eigenvalue weighted by Gasteiger charge is 2.37. The standard InChI is InChI=1S/C15H10F3N3OS/c1-9-8-21-11(13(15(16,17)18)20-14(21)23-9)2-3-12(22)10-4-6-19-7-5-10/h2-8H,1H3. The molecule has 0 atom stereocenters. The Labute approximate surface area is 132 Å². The van der Waals surface area contributed by atoms with Crippen molar-refractivity contribution >= 4 is 28.2 Å². The molecular weight excluding hydrogens is 327 g/mol. The molecule has 118 valence electrons. The van der Waals surface area contributed by atoms with E-state index in [0.717, 1.165) is 28.4 Å². The smallest absolute Gasteiger partial charge is 0.290 e. The lowest BCUT2D eigenvalue weighted by Crippen LogP contribution is -2.08. The number of pyridine rings is 1. The van der Waals surface area contributed by atoms with Gasteiger partial charge in [-0.3, -0.25) is 14.2 Å². The first kappa shape index (κ1) is 15.4. The van der Waals surface area contributed by atoms with E-state index in [1.54, 1.807) is 13.1 Å². The predicted molar refractivity (Wildman–Crippen MR) is 80.4 cm³/mol. The highest BCUT2D eigenvalue weighted by atomic mass is 32.1. The molecular formula is C15H10F3N3OS. The molecule has 0 N–H and O–H groups in total. The molecule has 0 aliphatic heterocycles. The number of alkyl halides is 3. The number of hydrogen-bond acceptors (Lipinski definition) is 4. The molecule has 0 radical (unpaired) electrons.